The van der Waals surface area contributed by atoms with Crippen LogP contribution in [0.4, 0.5) is 5.13 Å². The number of carbonyl (C=O) groups is 1. The molecule has 5 rings (SSSR count). The molecule has 0 fully saturated rings. The highest BCUT2D eigenvalue weighted by Gasteiger charge is 2.24. The lowest BCUT2D eigenvalue weighted by atomic mass is 10.2. The number of thiazole rings is 2. The molecule has 5 aromatic rings. The Balaban J connectivity index is 1.59. The van der Waals surface area contributed by atoms with E-state index in [2.05, 4.69) is 15.1 Å². The molecule has 2 aromatic carbocycles. The Kier molecular flexibility index (Phi) is 4.42. The number of benzene rings is 2. The summed E-state index contributed by atoms with van der Waals surface area (Å²) < 4.78 is 7.26. The van der Waals surface area contributed by atoms with Crippen LogP contribution in [0.15, 0.2) is 70.4 Å². The molecule has 3 aromatic heterocycles. The normalized spacial score (nSPS) is 11.6. The van der Waals surface area contributed by atoms with E-state index in [0.717, 1.165) is 26.0 Å². The second-order valence-corrected chi connectivity index (χ2v) is 8.37. The van der Waals surface area contributed by atoms with Gasteiger partial charge >= 0.3 is 5.91 Å². The molecule has 0 aliphatic heterocycles. The van der Waals surface area contributed by atoms with Crippen LogP contribution in [0.2, 0.25) is 0 Å². The molecule has 1 amide bonds. The zero-order valence-corrected chi connectivity index (χ0v) is 16.9. The highest BCUT2D eigenvalue weighted by atomic mass is 32.1. The van der Waals surface area contributed by atoms with Crippen LogP contribution in [-0.2, 0) is 0 Å². The lowest BCUT2D eigenvalue weighted by Crippen LogP contribution is -2.25. The van der Waals surface area contributed by atoms with Gasteiger partial charge in [0, 0.05) is 0 Å². The van der Waals surface area contributed by atoms with Gasteiger partial charge in [-0.15, -0.1) is 11.3 Å². The minimum Gasteiger partial charge on any atom is -0.463 e. The highest BCUT2D eigenvalue weighted by Crippen LogP contribution is 2.32. The predicted octanol–water partition coefficient (Wildman–Crippen LogP) is 5.49. The number of hydrazone groups is 1. The molecule has 0 bridgehead atoms. The van der Waals surface area contributed by atoms with Crippen molar-refractivity contribution in [1.29, 1.82) is 0 Å². The molecule has 0 unspecified atom stereocenters. The van der Waals surface area contributed by atoms with Gasteiger partial charge in [0.05, 0.1) is 32.9 Å². The van der Waals surface area contributed by atoms with Gasteiger partial charge in [-0.1, -0.05) is 29.5 Å². The lowest BCUT2D eigenvalue weighted by Gasteiger charge is -2.11. The number of hydrogen-bond donors (Lipinski definition) is 0. The van der Waals surface area contributed by atoms with Gasteiger partial charge in [0.15, 0.2) is 5.01 Å². The van der Waals surface area contributed by atoms with Crippen molar-refractivity contribution < 1.29 is 9.21 Å². The fourth-order valence-corrected chi connectivity index (χ4v) is 4.74. The average Bonchev–Trinajstić information content (AvgIpc) is 3.46. The number of fused-ring (bicyclic) bond motifs is 2. The molecule has 0 N–H and O–H groups in total. The number of nitrogens with zero attached hydrogens (tertiary/aromatic N) is 4. The average molecular weight is 419 g/mol. The standard InChI is InChI=1S/C21H14N4O2S2/c1-13-8-9-16-18(11-13)29-21(24-16)25(22-12-14-5-4-10-27-14)20(26)19-23-15-6-2-3-7-17(15)28-19/h2-12H,1H3/b22-12+. The molecule has 0 spiro atoms. The van der Waals surface area contributed by atoms with Crippen LogP contribution in [0.3, 0.4) is 0 Å². The van der Waals surface area contributed by atoms with E-state index in [9.17, 15) is 4.79 Å². The number of carbonyl (C=O) groups excluding carboxylic acids is 1. The van der Waals surface area contributed by atoms with Crippen LogP contribution in [0, 0.1) is 6.92 Å². The zero-order chi connectivity index (χ0) is 19.8. The first-order valence-corrected chi connectivity index (χ1v) is 10.5. The third-order valence-electron chi connectivity index (χ3n) is 4.23. The summed E-state index contributed by atoms with van der Waals surface area (Å²) in [4.78, 5) is 22.4. The number of amides is 1. The molecule has 8 heteroatoms. The Labute approximate surface area is 173 Å². The fourth-order valence-electron chi connectivity index (χ4n) is 2.83. The monoisotopic (exact) mass is 418 g/mol. The number of hydrogen-bond acceptors (Lipinski definition) is 7. The van der Waals surface area contributed by atoms with E-state index >= 15 is 0 Å². The van der Waals surface area contributed by atoms with Gasteiger partial charge in [-0.2, -0.15) is 10.1 Å². The van der Waals surface area contributed by atoms with Crippen molar-refractivity contribution in [3.8, 4) is 0 Å². The van der Waals surface area contributed by atoms with Crippen molar-refractivity contribution in [3.05, 3.63) is 77.2 Å². The molecule has 6 nitrogen and oxygen atoms in total. The first kappa shape index (κ1) is 17.7. The third kappa shape index (κ3) is 3.43. The molecule has 0 aliphatic carbocycles. The van der Waals surface area contributed by atoms with Gasteiger partial charge in [0.25, 0.3) is 0 Å². The van der Waals surface area contributed by atoms with Gasteiger partial charge in [-0.25, -0.2) is 9.97 Å². The van der Waals surface area contributed by atoms with Crippen LogP contribution in [0.1, 0.15) is 21.1 Å². The summed E-state index contributed by atoms with van der Waals surface area (Å²) in [7, 11) is 0. The van der Waals surface area contributed by atoms with E-state index in [4.69, 9.17) is 4.42 Å². The summed E-state index contributed by atoms with van der Waals surface area (Å²) in [5.74, 6) is 0.217. The van der Waals surface area contributed by atoms with E-state index in [-0.39, 0.29) is 5.91 Å². The summed E-state index contributed by atoms with van der Waals surface area (Å²) in [6, 6.07) is 17.2. The van der Waals surface area contributed by atoms with Gasteiger partial charge in [-0.3, -0.25) is 4.79 Å². The maximum atomic E-state index is 13.3. The molecule has 0 saturated carbocycles. The van der Waals surface area contributed by atoms with Crippen LogP contribution < -0.4 is 5.01 Å². The number of aromatic nitrogens is 2. The van der Waals surface area contributed by atoms with E-state index in [1.807, 2.05) is 49.4 Å². The van der Waals surface area contributed by atoms with Crippen molar-refractivity contribution in [3.63, 3.8) is 0 Å². The summed E-state index contributed by atoms with van der Waals surface area (Å²) in [5.41, 5.74) is 2.75. The number of rotatable bonds is 4. The van der Waals surface area contributed by atoms with Crippen LogP contribution >= 0.6 is 22.7 Å². The maximum Gasteiger partial charge on any atom is 0.309 e. The molecule has 0 aliphatic rings. The minimum atomic E-state index is -0.329. The molecule has 3 heterocycles. The molecule has 0 radical (unpaired) electrons. The van der Waals surface area contributed by atoms with Gasteiger partial charge in [0.1, 0.15) is 5.76 Å². The van der Waals surface area contributed by atoms with Crippen LogP contribution in [0.5, 0.6) is 0 Å². The smallest absolute Gasteiger partial charge is 0.309 e. The summed E-state index contributed by atoms with van der Waals surface area (Å²) in [5, 5.41) is 6.52. The SMILES string of the molecule is Cc1ccc2nc(N(/N=C/c3ccco3)C(=O)c3nc4ccccc4s3)sc2c1. The van der Waals surface area contributed by atoms with Crippen molar-refractivity contribution in [1.82, 2.24) is 9.97 Å². The largest absolute Gasteiger partial charge is 0.463 e. The number of aryl methyl sites for hydroxylation is 1. The Bertz CT molecular complexity index is 1320. The van der Waals surface area contributed by atoms with E-state index in [1.54, 1.807) is 18.4 Å². The van der Waals surface area contributed by atoms with Crippen LogP contribution in [-0.4, -0.2) is 22.1 Å². The van der Waals surface area contributed by atoms with Crippen molar-refractivity contribution >= 4 is 60.4 Å². The van der Waals surface area contributed by atoms with Crippen molar-refractivity contribution in [2.24, 2.45) is 5.10 Å². The summed E-state index contributed by atoms with van der Waals surface area (Å²) >= 11 is 2.75. The minimum absolute atomic E-state index is 0.329. The van der Waals surface area contributed by atoms with Gasteiger partial charge in [-0.05, 0) is 48.9 Å². The molecular weight excluding hydrogens is 404 g/mol. The van der Waals surface area contributed by atoms with Gasteiger partial charge < -0.3 is 4.42 Å². The number of anilines is 1. The van der Waals surface area contributed by atoms with Gasteiger partial charge in [0.2, 0.25) is 5.13 Å². The topological polar surface area (TPSA) is 71.6 Å². The third-order valence-corrected chi connectivity index (χ3v) is 6.24. The second-order valence-electron chi connectivity index (χ2n) is 6.33. The van der Waals surface area contributed by atoms with E-state index < -0.39 is 0 Å². The quantitative estimate of drug-likeness (QED) is 0.286. The Morgan fingerprint density at radius 2 is 1.90 bits per heavy atom. The summed E-state index contributed by atoms with van der Waals surface area (Å²) in [6.07, 6.45) is 3.06. The Morgan fingerprint density at radius 1 is 1.03 bits per heavy atom. The molecule has 0 saturated heterocycles. The second kappa shape index (κ2) is 7.23. The summed E-state index contributed by atoms with van der Waals surface area (Å²) in [6.45, 7) is 2.03. The number of para-hydroxylation sites is 1. The molecular formula is C21H14N4O2S2. The molecule has 0 atom stereocenters. The molecule has 29 heavy (non-hydrogen) atoms. The van der Waals surface area contributed by atoms with Crippen molar-refractivity contribution in [2.45, 2.75) is 6.92 Å². The first-order chi connectivity index (χ1) is 14.2. The van der Waals surface area contributed by atoms with Crippen LogP contribution in [0.25, 0.3) is 20.4 Å². The highest BCUT2D eigenvalue weighted by molar-refractivity contribution is 7.22. The van der Waals surface area contributed by atoms with E-state index in [0.29, 0.717) is 15.9 Å². The number of furan rings is 1. The van der Waals surface area contributed by atoms with E-state index in [1.165, 1.54) is 33.9 Å². The Morgan fingerprint density at radius 3 is 2.72 bits per heavy atom. The predicted molar refractivity (Wildman–Crippen MR) is 117 cm³/mol. The van der Waals surface area contributed by atoms with Crippen molar-refractivity contribution in [2.75, 3.05) is 5.01 Å². The first-order valence-electron chi connectivity index (χ1n) is 8.82. The lowest BCUT2D eigenvalue weighted by molar-refractivity contribution is 0.0987. The molecule has 142 valence electrons. The zero-order valence-electron chi connectivity index (χ0n) is 15.3. The fraction of sp³-hybridized carbons (Fsp3) is 0.0476. The Hall–Kier alpha value is -3.36. The maximum absolute atomic E-state index is 13.3.